The summed E-state index contributed by atoms with van der Waals surface area (Å²) >= 11 is 3.40. The van der Waals surface area contributed by atoms with Crippen LogP contribution in [0.15, 0.2) is 53.0 Å². The topological polar surface area (TPSA) is 67.4 Å². The Morgan fingerprint density at radius 2 is 1.76 bits per heavy atom. The molecule has 0 heterocycles. The first-order chi connectivity index (χ1) is 13.7. The molecule has 0 radical (unpaired) electrons. The molecule has 0 saturated heterocycles. The van der Waals surface area contributed by atoms with E-state index in [1.54, 1.807) is 26.8 Å². The van der Waals surface area contributed by atoms with Crippen molar-refractivity contribution in [2.75, 3.05) is 5.32 Å². The van der Waals surface area contributed by atoms with Crippen molar-refractivity contribution in [1.29, 1.82) is 0 Å². The fourth-order valence-corrected chi connectivity index (χ4v) is 3.34. The Morgan fingerprint density at radius 3 is 2.38 bits per heavy atom. The highest BCUT2D eigenvalue weighted by molar-refractivity contribution is 9.10. The largest absolute Gasteiger partial charge is 0.444 e. The minimum Gasteiger partial charge on any atom is -0.444 e. The summed E-state index contributed by atoms with van der Waals surface area (Å²) in [5, 5.41) is 5.62. The van der Waals surface area contributed by atoms with Crippen LogP contribution in [0.3, 0.4) is 0 Å². The summed E-state index contributed by atoms with van der Waals surface area (Å²) in [4.78, 5) is 25.4. The Hall–Kier alpha value is -2.34. The summed E-state index contributed by atoms with van der Waals surface area (Å²) in [6.07, 6.45) is 1.70. The van der Waals surface area contributed by atoms with Gasteiger partial charge in [0.2, 0.25) is 5.91 Å². The van der Waals surface area contributed by atoms with Gasteiger partial charge in [-0.05, 0) is 56.5 Å². The quantitative estimate of drug-likeness (QED) is 0.574. The summed E-state index contributed by atoms with van der Waals surface area (Å²) in [5.74, 6) is -0.291. The molecule has 6 heteroatoms. The minimum absolute atomic E-state index is 0.291. The Bertz CT molecular complexity index is 846. The molecule has 2 amide bonds. The van der Waals surface area contributed by atoms with Gasteiger partial charge in [0.15, 0.2) is 0 Å². The number of alkyl carbamates (subject to hydrolysis) is 1. The van der Waals surface area contributed by atoms with Crippen LogP contribution in [0.25, 0.3) is 0 Å². The number of rotatable bonds is 7. The van der Waals surface area contributed by atoms with Crippen molar-refractivity contribution < 1.29 is 14.3 Å². The number of carbonyl (C=O) groups excluding carboxylic acids is 2. The lowest BCUT2D eigenvalue weighted by molar-refractivity contribution is -0.118. The molecule has 0 aliphatic heterocycles. The first-order valence-corrected chi connectivity index (χ1v) is 10.6. The van der Waals surface area contributed by atoms with Crippen LogP contribution >= 0.6 is 15.9 Å². The number of ether oxygens (including phenoxy) is 1. The third-order valence-electron chi connectivity index (χ3n) is 4.16. The first-order valence-electron chi connectivity index (χ1n) is 9.80. The maximum Gasteiger partial charge on any atom is 0.408 e. The molecule has 2 aromatic rings. The second-order valence-electron chi connectivity index (χ2n) is 7.92. The van der Waals surface area contributed by atoms with E-state index >= 15 is 0 Å². The lowest BCUT2D eigenvalue weighted by Crippen LogP contribution is -2.47. The van der Waals surface area contributed by atoms with E-state index in [1.807, 2.05) is 36.4 Å². The Morgan fingerprint density at radius 1 is 1.07 bits per heavy atom. The summed E-state index contributed by atoms with van der Waals surface area (Å²) in [6, 6.07) is 14.6. The van der Waals surface area contributed by atoms with E-state index < -0.39 is 17.7 Å². The molecule has 1 unspecified atom stereocenters. The van der Waals surface area contributed by atoms with Gasteiger partial charge in [0.1, 0.15) is 11.6 Å². The molecular formula is C23H29BrN2O3. The summed E-state index contributed by atoms with van der Waals surface area (Å²) in [5.41, 5.74) is 2.23. The standard InChI is InChI=1S/C23H29BrN2O3/c1-5-9-16-10-6-7-11-17(16)14-20(26-22(28)29-23(2,3)4)21(27)25-19-13-8-12-18(24)15-19/h6-8,10-13,15,20H,5,9,14H2,1-4H3,(H,25,27)(H,26,28). The van der Waals surface area contributed by atoms with Crippen molar-refractivity contribution in [2.45, 2.75) is 58.6 Å². The molecule has 0 fully saturated rings. The van der Waals surface area contributed by atoms with E-state index in [9.17, 15) is 9.59 Å². The molecule has 2 rings (SSSR count). The second-order valence-corrected chi connectivity index (χ2v) is 8.84. The highest BCUT2D eigenvalue weighted by Crippen LogP contribution is 2.18. The van der Waals surface area contributed by atoms with Gasteiger partial charge >= 0.3 is 6.09 Å². The van der Waals surface area contributed by atoms with Crippen LogP contribution in [0, 0.1) is 0 Å². The number of amides is 2. The van der Waals surface area contributed by atoms with Crippen LogP contribution in [0.1, 0.15) is 45.2 Å². The van der Waals surface area contributed by atoms with Gasteiger partial charge in [-0.15, -0.1) is 0 Å². The SMILES string of the molecule is CCCc1ccccc1CC(NC(=O)OC(C)(C)C)C(=O)Nc1cccc(Br)c1. The van der Waals surface area contributed by atoms with E-state index in [4.69, 9.17) is 4.74 Å². The molecule has 2 aromatic carbocycles. The van der Waals surface area contributed by atoms with Crippen molar-refractivity contribution in [3.8, 4) is 0 Å². The number of carbonyl (C=O) groups is 2. The van der Waals surface area contributed by atoms with Gasteiger partial charge in [-0.2, -0.15) is 0 Å². The Labute approximate surface area is 181 Å². The fourth-order valence-electron chi connectivity index (χ4n) is 2.94. The number of benzene rings is 2. The zero-order valence-electron chi connectivity index (χ0n) is 17.4. The van der Waals surface area contributed by atoms with Crippen molar-refractivity contribution >= 4 is 33.6 Å². The third-order valence-corrected chi connectivity index (χ3v) is 4.65. The highest BCUT2D eigenvalue weighted by atomic mass is 79.9. The lowest BCUT2D eigenvalue weighted by Gasteiger charge is -2.24. The average molecular weight is 461 g/mol. The van der Waals surface area contributed by atoms with E-state index in [2.05, 4.69) is 39.6 Å². The van der Waals surface area contributed by atoms with E-state index in [-0.39, 0.29) is 5.91 Å². The molecule has 0 saturated carbocycles. The highest BCUT2D eigenvalue weighted by Gasteiger charge is 2.25. The van der Waals surface area contributed by atoms with Gasteiger partial charge in [0.05, 0.1) is 0 Å². The molecule has 29 heavy (non-hydrogen) atoms. The van der Waals surface area contributed by atoms with Crippen molar-refractivity contribution in [1.82, 2.24) is 5.32 Å². The zero-order chi connectivity index (χ0) is 21.4. The number of anilines is 1. The van der Waals surface area contributed by atoms with Gasteiger partial charge in [0, 0.05) is 16.6 Å². The molecule has 0 bridgehead atoms. The number of hydrogen-bond donors (Lipinski definition) is 2. The molecule has 156 valence electrons. The molecular weight excluding hydrogens is 432 g/mol. The fraction of sp³-hybridized carbons (Fsp3) is 0.391. The van der Waals surface area contributed by atoms with E-state index in [0.717, 1.165) is 22.9 Å². The van der Waals surface area contributed by atoms with Gasteiger partial charge in [-0.1, -0.05) is 59.6 Å². The Balaban J connectivity index is 2.22. The number of halogens is 1. The zero-order valence-corrected chi connectivity index (χ0v) is 19.0. The number of nitrogens with one attached hydrogen (secondary N) is 2. The van der Waals surface area contributed by atoms with Gasteiger partial charge in [0.25, 0.3) is 0 Å². The number of hydrogen-bond acceptors (Lipinski definition) is 3. The second kappa shape index (κ2) is 10.4. The van der Waals surface area contributed by atoms with Gasteiger partial charge in [-0.25, -0.2) is 4.79 Å². The van der Waals surface area contributed by atoms with Crippen LogP contribution in [0.5, 0.6) is 0 Å². The van der Waals surface area contributed by atoms with Gasteiger partial charge in [-0.3, -0.25) is 4.79 Å². The van der Waals surface area contributed by atoms with Crippen LogP contribution in [0.4, 0.5) is 10.5 Å². The normalized spacial score (nSPS) is 12.2. The van der Waals surface area contributed by atoms with Crippen molar-refractivity contribution in [3.05, 3.63) is 64.1 Å². The van der Waals surface area contributed by atoms with Crippen molar-refractivity contribution in [3.63, 3.8) is 0 Å². The molecule has 5 nitrogen and oxygen atoms in total. The minimum atomic E-state index is -0.762. The predicted molar refractivity (Wildman–Crippen MR) is 120 cm³/mol. The van der Waals surface area contributed by atoms with E-state index in [1.165, 1.54) is 5.56 Å². The molecule has 0 aliphatic rings. The predicted octanol–water partition coefficient (Wildman–Crippen LogP) is 5.48. The van der Waals surface area contributed by atoms with Gasteiger partial charge < -0.3 is 15.4 Å². The molecule has 1 atom stereocenters. The molecule has 0 aliphatic carbocycles. The number of aryl methyl sites for hydroxylation is 1. The molecule has 0 spiro atoms. The maximum atomic E-state index is 13.0. The molecule has 2 N–H and O–H groups in total. The Kier molecular flexibility index (Phi) is 8.26. The summed E-state index contributed by atoms with van der Waals surface area (Å²) in [6.45, 7) is 7.49. The first kappa shape index (κ1) is 22.9. The average Bonchev–Trinajstić information content (AvgIpc) is 2.61. The summed E-state index contributed by atoms with van der Waals surface area (Å²) < 4.78 is 6.23. The summed E-state index contributed by atoms with van der Waals surface area (Å²) in [7, 11) is 0. The smallest absolute Gasteiger partial charge is 0.408 e. The van der Waals surface area contributed by atoms with Crippen LogP contribution in [-0.4, -0.2) is 23.6 Å². The van der Waals surface area contributed by atoms with Crippen molar-refractivity contribution in [2.24, 2.45) is 0 Å². The van der Waals surface area contributed by atoms with Crippen LogP contribution in [0.2, 0.25) is 0 Å². The lowest BCUT2D eigenvalue weighted by atomic mass is 9.97. The monoisotopic (exact) mass is 460 g/mol. The van der Waals surface area contributed by atoms with E-state index in [0.29, 0.717) is 12.1 Å². The van der Waals surface area contributed by atoms with Crippen LogP contribution < -0.4 is 10.6 Å². The van der Waals surface area contributed by atoms with Crippen LogP contribution in [-0.2, 0) is 22.4 Å². The third kappa shape index (κ3) is 7.89. The molecule has 0 aromatic heterocycles. The maximum absolute atomic E-state index is 13.0.